The van der Waals surface area contributed by atoms with E-state index in [1.165, 1.54) is 5.01 Å². The lowest BCUT2D eigenvalue weighted by Gasteiger charge is -2.35. The summed E-state index contributed by atoms with van der Waals surface area (Å²) in [5.41, 5.74) is 2.01. The molecule has 1 saturated heterocycles. The lowest BCUT2D eigenvalue weighted by molar-refractivity contribution is -0.192. The van der Waals surface area contributed by atoms with Gasteiger partial charge >= 0.3 is 5.91 Å². The van der Waals surface area contributed by atoms with Crippen LogP contribution in [0.5, 0.6) is 0 Å². The van der Waals surface area contributed by atoms with Gasteiger partial charge in [0.25, 0.3) is 5.79 Å². The Kier molecular flexibility index (Phi) is 2.18. The number of carbonyl (C=O) groups excluding carboxylic acids is 1. The first-order valence-electron chi connectivity index (χ1n) is 4.98. The third-order valence-electron chi connectivity index (χ3n) is 2.96. The summed E-state index contributed by atoms with van der Waals surface area (Å²) < 4.78 is 0. The van der Waals surface area contributed by atoms with Crippen molar-refractivity contribution >= 4 is 11.6 Å². The molecule has 0 atom stereocenters. The molecule has 1 heterocycles. The molecule has 2 rings (SSSR count). The fourth-order valence-corrected chi connectivity index (χ4v) is 1.72. The molecule has 1 fully saturated rings. The minimum Gasteiger partial charge on any atom is -0.356 e. The topological polar surface area (TPSA) is 72.8 Å². The molecule has 1 aromatic rings. The number of aliphatic hydroxyl groups is 2. The van der Waals surface area contributed by atoms with Crippen molar-refractivity contribution in [1.29, 1.82) is 0 Å². The van der Waals surface area contributed by atoms with Crippen LogP contribution in [-0.2, 0) is 4.79 Å². The Morgan fingerprint density at radius 3 is 2.19 bits per heavy atom. The molecule has 0 spiro atoms. The van der Waals surface area contributed by atoms with Crippen LogP contribution >= 0.6 is 0 Å². The summed E-state index contributed by atoms with van der Waals surface area (Å²) >= 11 is 0. The maximum absolute atomic E-state index is 11.4. The van der Waals surface area contributed by atoms with E-state index in [-0.39, 0.29) is 0 Å². The Morgan fingerprint density at radius 2 is 1.75 bits per heavy atom. The number of hydrazine groups is 1. The minimum atomic E-state index is -2.40. The number of amides is 1. The van der Waals surface area contributed by atoms with Crippen LogP contribution in [0.2, 0.25) is 0 Å². The Bertz CT molecular complexity index is 414. The molecule has 5 heteroatoms. The van der Waals surface area contributed by atoms with Gasteiger partial charge in [0, 0.05) is 0 Å². The molecule has 1 aromatic carbocycles. The van der Waals surface area contributed by atoms with E-state index < -0.39 is 17.2 Å². The number of rotatable bonds is 1. The highest BCUT2D eigenvalue weighted by atomic mass is 16.5. The normalized spacial score (nSPS) is 22.0. The average molecular weight is 222 g/mol. The lowest BCUT2D eigenvalue weighted by Crippen LogP contribution is -2.56. The highest BCUT2D eigenvalue weighted by Crippen LogP contribution is 2.34. The van der Waals surface area contributed by atoms with Crippen LogP contribution < -0.4 is 10.4 Å². The van der Waals surface area contributed by atoms with Crippen molar-refractivity contribution < 1.29 is 15.0 Å². The van der Waals surface area contributed by atoms with Crippen molar-refractivity contribution in [3.63, 3.8) is 0 Å². The van der Waals surface area contributed by atoms with Crippen LogP contribution in [0.25, 0.3) is 0 Å². The quantitative estimate of drug-likeness (QED) is 0.585. The average Bonchev–Trinajstić information content (AvgIpc) is 2.40. The predicted octanol–water partition coefficient (Wildman–Crippen LogP) is -0.00270. The molecular formula is C11H14N2O3. The monoisotopic (exact) mass is 222 g/mol. The minimum absolute atomic E-state index is 0.700. The second kappa shape index (κ2) is 3.20. The fourth-order valence-electron chi connectivity index (χ4n) is 1.72. The number of nitrogens with one attached hydrogen (secondary N) is 1. The lowest BCUT2D eigenvalue weighted by atomic mass is 9.94. The number of nitrogens with zero attached hydrogens (tertiary/aromatic N) is 1. The van der Waals surface area contributed by atoms with Crippen molar-refractivity contribution in [2.45, 2.75) is 25.2 Å². The fraction of sp³-hybridized carbons (Fsp3) is 0.364. The molecule has 0 bridgehead atoms. The highest BCUT2D eigenvalue weighted by molar-refractivity contribution is 5.90. The zero-order valence-corrected chi connectivity index (χ0v) is 9.14. The molecule has 0 aliphatic carbocycles. The van der Waals surface area contributed by atoms with Crippen molar-refractivity contribution in [1.82, 2.24) is 5.43 Å². The first-order valence-corrected chi connectivity index (χ1v) is 4.98. The zero-order chi connectivity index (χ0) is 12.0. The van der Waals surface area contributed by atoms with Crippen LogP contribution in [0.3, 0.4) is 0 Å². The molecule has 0 unspecified atom stereocenters. The van der Waals surface area contributed by atoms with Crippen LogP contribution in [0.1, 0.15) is 13.8 Å². The van der Waals surface area contributed by atoms with E-state index in [2.05, 4.69) is 5.43 Å². The SMILES string of the molecule is CC1(C)N(c2ccccc2)NC(=O)C1(O)O. The summed E-state index contributed by atoms with van der Waals surface area (Å²) in [6.45, 7) is 3.16. The van der Waals surface area contributed by atoms with Gasteiger partial charge in [-0.25, -0.2) is 0 Å². The Morgan fingerprint density at radius 1 is 1.19 bits per heavy atom. The van der Waals surface area contributed by atoms with E-state index in [4.69, 9.17) is 0 Å². The summed E-state index contributed by atoms with van der Waals surface area (Å²) in [7, 11) is 0. The van der Waals surface area contributed by atoms with Gasteiger partial charge in [-0.05, 0) is 26.0 Å². The maximum atomic E-state index is 11.4. The van der Waals surface area contributed by atoms with Crippen molar-refractivity contribution in [3.05, 3.63) is 30.3 Å². The van der Waals surface area contributed by atoms with Gasteiger partial charge in [0.2, 0.25) is 0 Å². The smallest absolute Gasteiger partial charge is 0.301 e. The van der Waals surface area contributed by atoms with Gasteiger partial charge in [-0.2, -0.15) is 0 Å². The second-order valence-electron chi connectivity index (χ2n) is 4.34. The zero-order valence-electron chi connectivity index (χ0n) is 9.14. The summed E-state index contributed by atoms with van der Waals surface area (Å²) in [6, 6.07) is 9.03. The van der Waals surface area contributed by atoms with E-state index in [9.17, 15) is 15.0 Å². The standard InChI is InChI=1S/C11H14N2O3/c1-10(2)11(15,16)9(14)12-13(10)8-6-4-3-5-7-8/h3-7,15-16H,1-2H3,(H,12,14). The molecular weight excluding hydrogens is 208 g/mol. The number of hydrogen-bond acceptors (Lipinski definition) is 4. The summed E-state index contributed by atoms with van der Waals surface area (Å²) in [5.74, 6) is -3.22. The van der Waals surface area contributed by atoms with Crippen molar-refractivity contribution in [2.24, 2.45) is 0 Å². The second-order valence-corrected chi connectivity index (χ2v) is 4.34. The highest BCUT2D eigenvalue weighted by Gasteiger charge is 2.59. The number of para-hydroxylation sites is 1. The van der Waals surface area contributed by atoms with Gasteiger partial charge in [-0.1, -0.05) is 18.2 Å². The Hall–Kier alpha value is -1.59. The number of carbonyl (C=O) groups is 1. The van der Waals surface area contributed by atoms with Gasteiger partial charge in [0.05, 0.1) is 5.69 Å². The van der Waals surface area contributed by atoms with Gasteiger partial charge in [-0.3, -0.25) is 15.2 Å². The van der Waals surface area contributed by atoms with Crippen molar-refractivity contribution in [2.75, 3.05) is 5.01 Å². The van der Waals surface area contributed by atoms with Gasteiger partial charge in [0.1, 0.15) is 5.54 Å². The van der Waals surface area contributed by atoms with E-state index in [0.717, 1.165) is 0 Å². The van der Waals surface area contributed by atoms with Gasteiger partial charge < -0.3 is 10.2 Å². The molecule has 1 amide bonds. The third kappa shape index (κ3) is 1.29. The number of anilines is 1. The Labute approximate surface area is 93.3 Å². The van der Waals surface area contributed by atoms with E-state index in [0.29, 0.717) is 5.69 Å². The van der Waals surface area contributed by atoms with Gasteiger partial charge in [-0.15, -0.1) is 0 Å². The van der Waals surface area contributed by atoms with Crippen LogP contribution in [0.4, 0.5) is 5.69 Å². The van der Waals surface area contributed by atoms with Crippen LogP contribution in [-0.4, -0.2) is 27.4 Å². The first-order chi connectivity index (χ1) is 7.37. The van der Waals surface area contributed by atoms with Gasteiger partial charge in [0.15, 0.2) is 0 Å². The molecule has 86 valence electrons. The molecule has 1 aliphatic heterocycles. The maximum Gasteiger partial charge on any atom is 0.301 e. The molecule has 16 heavy (non-hydrogen) atoms. The summed E-state index contributed by atoms with van der Waals surface area (Å²) in [6.07, 6.45) is 0. The number of hydrogen-bond donors (Lipinski definition) is 3. The molecule has 5 nitrogen and oxygen atoms in total. The molecule has 0 saturated carbocycles. The van der Waals surface area contributed by atoms with E-state index in [1.807, 2.05) is 18.2 Å². The molecule has 1 aliphatic rings. The molecule has 0 radical (unpaired) electrons. The Balaban J connectivity index is 2.43. The van der Waals surface area contributed by atoms with E-state index >= 15 is 0 Å². The molecule has 3 N–H and O–H groups in total. The largest absolute Gasteiger partial charge is 0.356 e. The van der Waals surface area contributed by atoms with Crippen LogP contribution in [0, 0.1) is 0 Å². The number of benzene rings is 1. The van der Waals surface area contributed by atoms with Crippen LogP contribution in [0.15, 0.2) is 30.3 Å². The third-order valence-corrected chi connectivity index (χ3v) is 2.96. The summed E-state index contributed by atoms with van der Waals surface area (Å²) in [4.78, 5) is 11.4. The van der Waals surface area contributed by atoms with Crippen molar-refractivity contribution in [3.8, 4) is 0 Å². The predicted molar refractivity (Wildman–Crippen MR) is 58.3 cm³/mol. The summed E-state index contributed by atoms with van der Waals surface area (Å²) in [5, 5.41) is 20.9. The first kappa shape index (κ1) is 10.9. The van der Waals surface area contributed by atoms with E-state index in [1.54, 1.807) is 26.0 Å². The molecule has 0 aromatic heterocycles.